The summed E-state index contributed by atoms with van der Waals surface area (Å²) in [6, 6.07) is 13.6. The molecular formula is C20H18ClN3O2S. The number of fused-ring (bicyclic) bond motifs is 1. The van der Waals surface area contributed by atoms with E-state index in [1.54, 1.807) is 11.3 Å². The highest BCUT2D eigenvalue weighted by Gasteiger charge is 2.15. The van der Waals surface area contributed by atoms with Gasteiger partial charge in [-0.25, -0.2) is 4.68 Å². The topological polar surface area (TPSA) is 48.1 Å². The highest BCUT2D eigenvalue weighted by molar-refractivity contribution is 7.07. The molecule has 1 aliphatic heterocycles. The first-order valence-corrected chi connectivity index (χ1v) is 9.84. The van der Waals surface area contributed by atoms with E-state index in [1.165, 1.54) is 0 Å². The number of nitrogens with zero attached hydrogens (tertiary/aromatic N) is 3. The summed E-state index contributed by atoms with van der Waals surface area (Å²) < 4.78 is 12.7. The van der Waals surface area contributed by atoms with Crippen LogP contribution in [0.15, 0.2) is 57.9 Å². The summed E-state index contributed by atoms with van der Waals surface area (Å²) in [4.78, 5) is 5.43. The molecule has 0 saturated carbocycles. The molecule has 0 spiro atoms. The van der Waals surface area contributed by atoms with Crippen molar-refractivity contribution in [2.24, 2.45) is 10.1 Å². The molecule has 0 atom stereocenters. The van der Waals surface area contributed by atoms with Gasteiger partial charge in [0.15, 0.2) is 11.5 Å². The number of rotatable bonds is 4. The SMILES string of the molecule is CCN=c1scc(-c2ccc(Cl)cc2)n1N=C(C)c1ccc2c(c1)OCO2. The normalized spacial score (nSPS) is 14.0. The van der Waals surface area contributed by atoms with Gasteiger partial charge < -0.3 is 9.47 Å². The van der Waals surface area contributed by atoms with Gasteiger partial charge in [-0.3, -0.25) is 4.99 Å². The number of thiazole rings is 1. The second kappa shape index (κ2) is 7.58. The molecule has 2 heterocycles. The summed E-state index contributed by atoms with van der Waals surface area (Å²) in [5, 5.41) is 7.62. The average molecular weight is 400 g/mol. The van der Waals surface area contributed by atoms with Crippen LogP contribution in [0.2, 0.25) is 5.02 Å². The maximum absolute atomic E-state index is 6.03. The first-order chi connectivity index (χ1) is 13.2. The van der Waals surface area contributed by atoms with Crippen LogP contribution in [-0.4, -0.2) is 23.7 Å². The molecule has 3 aromatic rings. The summed E-state index contributed by atoms with van der Waals surface area (Å²) in [6.07, 6.45) is 0. The molecule has 7 heteroatoms. The third kappa shape index (κ3) is 3.63. The minimum atomic E-state index is 0.258. The Morgan fingerprint density at radius 1 is 1.15 bits per heavy atom. The van der Waals surface area contributed by atoms with Gasteiger partial charge in [-0.2, -0.15) is 5.10 Å². The van der Waals surface area contributed by atoms with Crippen LogP contribution in [0.4, 0.5) is 0 Å². The molecule has 0 bridgehead atoms. The zero-order valence-corrected chi connectivity index (χ0v) is 16.5. The molecule has 0 fully saturated rings. The third-order valence-corrected chi connectivity index (χ3v) is 5.26. The van der Waals surface area contributed by atoms with E-state index >= 15 is 0 Å². The van der Waals surface area contributed by atoms with E-state index < -0.39 is 0 Å². The summed E-state index contributed by atoms with van der Waals surface area (Å²) in [5.74, 6) is 1.51. The number of hydrogen-bond donors (Lipinski definition) is 0. The molecule has 138 valence electrons. The van der Waals surface area contributed by atoms with Gasteiger partial charge in [-0.15, -0.1) is 11.3 Å². The zero-order chi connectivity index (χ0) is 18.8. The lowest BCUT2D eigenvalue weighted by molar-refractivity contribution is 0.174. The number of halogens is 1. The molecule has 2 aromatic carbocycles. The molecule has 5 nitrogen and oxygen atoms in total. The van der Waals surface area contributed by atoms with Gasteiger partial charge in [-0.05, 0) is 44.2 Å². The van der Waals surface area contributed by atoms with Crippen LogP contribution >= 0.6 is 22.9 Å². The fourth-order valence-corrected chi connectivity index (χ4v) is 3.81. The maximum atomic E-state index is 6.03. The number of hydrogen-bond acceptors (Lipinski definition) is 5. The predicted octanol–water partition coefficient (Wildman–Crippen LogP) is 4.79. The molecule has 27 heavy (non-hydrogen) atoms. The van der Waals surface area contributed by atoms with Crippen molar-refractivity contribution in [3.63, 3.8) is 0 Å². The molecule has 1 aliphatic rings. The minimum Gasteiger partial charge on any atom is -0.454 e. The Labute approximate surface area is 166 Å². The van der Waals surface area contributed by atoms with E-state index in [2.05, 4.69) is 10.4 Å². The van der Waals surface area contributed by atoms with Gasteiger partial charge in [0.05, 0.1) is 11.4 Å². The Bertz CT molecular complexity index is 1070. The van der Waals surface area contributed by atoms with Crippen LogP contribution in [0.25, 0.3) is 11.3 Å². The quantitative estimate of drug-likeness (QED) is 0.592. The Hall–Kier alpha value is -2.57. The van der Waals surface area contributed by atoms with Gasteiger partial charge in [0.1, 0.15) is 0 Å². The van der Waals surface area contributed by atoms with Crippen molar-refractivity contribution in [3.05, 3.63) is 63.2 Å². The van der Waals surface area contributed by atoms with E-state index in [9.17, 15) is 0 Å². The second-order valence-corrected chi connectivity index (χ2v) is 7.22. The Balaban J connectivity index is 1.80. The van der Waals surface area contributed by atoms with Gasteiger partial charge in [0.25, 0.3) is 0 Å². The summed E-state index contributed by atoms with van der Waals surface area (Å²) in [5.41, 5.74) is 3.85. The van der Waals surface area contributed by atoms with E-state index in [4.69, 9.17) is 26.2 Å². The van der Waals surface area contributed by atoms with Crippen molar-refractivity contribution in [3.8, 4) is 22.8 Å². The Morgan fingerprint density at radius 2 is 1.93 bits per heavy atom. The lowest BCUT2D eigenvalue weighted by Gasteiger charge is -2.07. The third-order valence-electron chi connectivity index (χ3n) is 4.16. The standard InChI is InChI=1S/C20H18ClN3O2S/c1-3-22-20-24(17(11-27-20)14-4-7-16(21)8-5-14)23-13(2)15-6-9-18-19(10-15)26-12-25-18/h4-11H,3,12H2,1-2H3. The van der Waals surface area contributed by atoms with Crippen LogP contribution in [0, 0.1) is 0 Å². The smallest absolute Gasteiger partial charge is 0.231 e. The highest BCUT2D eigenvalue weighted by atomic mass is 35.5. The van der Waals surface area contributed by atoms with Crippen molar-refractivity contribution < 1.29 is 9.47 Å². The Kier molecular flexibility index (Phi) is 5.01. The molecule has 0 N–H and O–H groups in total. The Morgan fingerprint density at radius 3 is 2.70 bits per heavy atom. The van der Waals surface area contributed by atoms with Gasteiger partial charge in [-0.1, -0.05) is 23.7 Å². The summed E-state index contributed by atoms with van der Waals surface area (Å²) in [6.45, 7) is 4.94. The van der Waals surface area contributed by atoms with Crippen molar-refractivity contribution in [2.45, 2.75) is 13.8 Å². The molecular weight excluding hydrogens is 382 g/mol. The summed E-state index contributed by atoms with van der Waals surface area (Å²) in [7, 11) is 0. The van der Waals surface area contributed by atoms with Crippen LogP contribution in [0.5, 0.6) is 11.5 Å². The monoisotopic (exact) mass is 399 g/mol. The molecule has 0 amide bonds. The zero-order valence-electron chi connectivity index (χ0n) is 15.0. The van der Waals surface area contributed by atoms with Gasteiger partial charge >= 0.3 is 0 Å². The number of benzene rings is 2. The molecule has 0 saturated heterocycles. The van der Waals surface area contributed by atoms with Crippen LogP contribution in [-0.2, 0) is 0 Å². The van der Waals surface area contributed by atoms with Crippen molar-refractivity contribution >= 4 is 28.6 Å². The molecule has 0 unspecified atom stereocenters. The fraction of sp³-hybridized carbons (Fsp3) is 0.200. The lowest BCUT2D eigenvalue weighted by Crippen LogP contribution is -2.14. The fourth-order valence-electron chi connectivity index (χ4n) is 2.79. The largest absolute Gasteiger partial charge is 0.454 e. The summed E-state index contributed by atoms with van der Waals surface area (Å²) >= 11 is 7.60. The number of aromatic nitrogens is 1. The van der Waals surface area contributed by atoms with Crippen molar-refractivity contribution in [2.75, 3.05) is 13.3 Å². The molecule has 4 rings (SSSR count). The average Bonchev–Trinajstić information content (AvgIpc) is 3.29. The first-order valence-electron chi connectivity index (χ1n) is 8.58. The van der Waals surface area contributed by atoms with Gasteiger partial charge in [0.2, 0.25) is 11.6 Å². The number of ether oxygens (including phenoxy) is 2. The van der Waals surface area contributed by atoms with Crippen LogP contribution in [0.1, 0.15) is 19.4 Å². The minimum absolute atomic E-state index is 0.258. The maximum Gasteiger partial charge on any atom is 0.231 e. The van der Waals surface area contributed by atoms with E-state index in [1.807, 2.05) is 61.0 Å². The van der Waals surface area contributed by atoms with Crippen LogP contribution < -0.4 is 14.3 Å². The van der Waals surface area contributed by atoms with E-state index in [0.717, 1.165) is 38.8 Å². The van der Waals surface area contributed by atoms with E-state index in [-0.39, 0.29) is 6.79 Å². The first kappa shape index (κ1) is 17.8. The highest BCUT2D eigenvalue weighted by Crippen LogP contribution is 2.32. The molecule has 0 aliphatic carbocycles. The second-order valence-electron chi connectivity index (χ2n) is 5.95. The van der Waals surface area contributed by atoms with Crippen LogP contribution in [0.3, 0.4) is 0 Å². The van der Waals surface area contributed by atoms with Crippen molar-refractivity contribution in [1.29, 1.82) is 0 Å². The predicted molar refractivity (Wildman–Crippen MR) is 109 cm³/mol. The lowest BCUT2D eigenvalue weighted by atomic mass is 10.1. The molecule has 1 aromatic heterocycles. The van der Waals surface area contributed by atoms with E-state index in [0.29, 0.717) is 11.6 Å². The van der Waals surface area contributed by atoms with Gasteiger partial charge in [0, 0.05) is 28.1 Å². The molecule has 0 radical (unpaired) electrons. The van der Waals surface area contributed by atoms with Crippen molar-refractivity contribution in [1.82, 2.24) is 4.68 Å².